The number of methoxy groups -OCH3 is 1. The van der Waals surface area contributed by atoms with E-state index in [0.717, 1.165) is 36.6 Å². The minimum Gasteiger partial charge on any atom is -0.497 e. The maximum atomic E-state index is 13.5. The molecule has 0 atom stereocenters. The average Bonchev–Trinajstić information content (AvgIpc) is 2.74. The van der Waals surface area contributed by atoms with Crippen LogP contribution in [0.3, 0.4) is 0 Å². The van der Waals surface area contributed by atoms with E-state index in [2.05, 4.69) is 33.8 Å². The molecule has 0 spiro atoms. The van der Waals surface area contributed by atoms with Crippen molar-refractivity contribution in [3.63, 3.8) is 0 Å². The molecule has 5 nitrogen and oxygen atoms in total. The predicted molar refractivity (Wildman–Crippen MR) is 133 cm³/mol. The molecule has 0 radical (unpaired) electrons. The molecule has 1 aromatic carbocycles. The summed E-state index contributed by atoms with van der Waals surface area (Å²) in [6, 6.07) is 5.74. The number of rotatable bonds is 12. The number of fused-ring (bicyclic) bond motifs is 1. The Labute approximate surface area is 192 Å². The Morgan fingerprint density at radius 3 is 2.50 bits per heavy atom. The third-order valence-corrected chi connectivity index (χ3v) is 5.23. The number of aromatic nitrogens is 1. The lowest BCUT2D eigenvalue weighted by Crippen LogP contribution is -2.25. The standard InChI is InChI=1S/C27H39NO4/c1-8-9-16-28-24-18-22(30-7)13-14-23(24)25(32-20(4)5)26(27(28)29)31-17-15-21(6)12-10-11-19(2)3/h11,13-15,18,20H,8-10,12,16-17H2,1-7H3/b21-15+. The molecule has 0 saturated carbocycles. The van der Waals surface area contributed by atoms with Gasteiger partial charge in [0.1, 0.15) is 12.4 Å². The number of benzene rings is 1. The first-order chi connectivity index (χ1) is 15.3. The van der Waals surface area contributed by atoms with Crippen LogP contribution in [0.5, 0.6) is 17.2 Å². The quantitative estimate of drug-likeness (QED) is 0.345. The van der Waals surface area contributed by atoms with Gasteiger partial charge in [0.05, 0.1) is 18.7 Å². The number of ether oxygens (including phenoxy) is 3. The fourth-order valence-electron chi connectivity index (χ4n) is 3.48. The molecular weight excluding hydrogens is 402 g/mol. The van der Waals surface area contributed by atoms with Crippen LogP contribution in [0.15, 0.2) is 46.3 Å². The normalized spacial score (nSPS) is 11.7. The zero-order valence-electron chi connectivity index (χ0n) is 20.8. The van der Waals surface area contributed by atoms with Crippen LogP contribution in [-0.2, 0) is 6.54 Å². The molecule has 0 aliphatic rings. The Balaban J connectivity index is 2.48. The van der Waals surface area contributed by atoms with E-state index in [1.807, 2.05) is 38.1 Å². The number of aryl methyl sites for hydroxylation is 1. The van der Waals surface area contributed by atoms with E-state index < -0.39 is 0 Å². The minimum atomic E-state index is -0.162. The van der Waals surface area contributed by atoms with E-state index in [1.54, 1.807) is 11.7 Å². The second kappa shape index (κ2) is 12.4. The van der Waals surface area contributed by atoms with Crippen molar-refractivity contribution >= 4 is 10.9 Å². The summed E-state index contributed by atoms with van der Waals surface area (Å²) in [5.74, 6) is 1.49. The Bertz CT molecular complexity index is 1010. The maximum absolute atomic E-state index is 13.5. The van der Waals surface area contributed by atoms with E-state index >= 15 is 0 Å². The molecular formula is C27H39NO4. The number of allylic oxidation sites excluding steroid dienone is 3. The van der Waals surface area contributed by atoms with Crippen LogP contribution < -0.4 is 19.8 Å². The summed E-state index contributed by atoms with van der Waals surface area (Å²) in [5, 5.41) is 0.856. The largest absolute Gasteiger partial charge is 0.497 e. The Kier molecular flexibility index (Phi) is 9.89. The summed E-state index contributed by atoms with van der Waals surface area (Å²) in [4.78, 5) is 13.5. The Hall–Kier alpha value is -2.69. The van der Waals surface area contributed by atoms with Crippen molar-refractivity contribution in [2.24, 2.45) is 0 Å². The van der Waals surface area contributed by atoms with Crippen LogP contribution in [0.25, 0.3) is 10.9 Å². The number of hydrogen-bond acceptors (Lipinski definition) is 4. The highest BCUT2D eigenvalue weighted by Crippen LogP contribution is 2.35. The van der Waals surface area contributed by atoms with E-state index in [4.69, 9.17) is 14.2 Å². The van der Waals surface area contributed by atoms with Gasteiger partial charge in [-0.05, 0) is 72.1 Å². The van der Waals surface area contributed by atoms with E-state index in [9.17, 15) is 4.79 Å². The number of nitrogens with zero attached hydrogens (tertiary/aromatic N) is 1. The van der Waals surface area contributed by atoms with Crippen molar-refractivity contribution in [3.05, 3.63) is 51.9 Å². The van der Waals surface area contributed by atoms with Gasteiger partial charge in [-0.25, -0.2) is 0 Å². The summed E-state index contributed by atoms with van der Waals surface area (Å²) < 4.78 is 19.4. The molecule has 0 amide bonds. The molecule has 0 fully saturated rings. The van der Waals surface area contributed by atoms with Crippen LogP contribution in [0.4, 0.5) is 0 Å². The zero-order valence-corrected chi connectivity index (χ0v) is 20.8. The third kappa shape index (κ3) is 6.91. The smallest absolute Gasteiger partial charge is 0.297 e. The molecule has 5 heteroatoms. The minimum absolute atomic E-state index is 0.0881. The van der Waals surface area contributed by atoms with Gasteiger partial charge < -0.3 is 18.8 Å². The van der Waals surface area contributed by atoms with Gasteiger partial charge in [0.15, 0.2) is 5.75 Å². The van der Waals surface area contributed by atoms with Gasteiger partial charge in [-0.2, -0.15) is 0 Å². The molecule has 0 unspecified atom stereocenters. The molecule has 176 valence electrons. The van der Waals surface area contributed by atoms with Crippen LogP contribution in [0.1, 0.15) is 67.2 Å². The molecule has 0 N–H and O–H groups in total. The van der Waals surface area contributed by atoms with Gasteiger partial charge in [-0.3, -0.25) is 4.79 Å². The van der Waals surface area contributed by atoms with Crippen LogP contribution in [-0.4, -0.2) is 24.4 Å². The number of pyridine rings is 1. The van der Waals surface area contributed by atoms with Crippen molar-refractivity contribution in [2.75, 3.05) is 13.7 Å². The topological polar surface area (TPSA) is 49.7 Å². The van der Waals surface area contributed by atoms with Crippen LogP contribution in [0, 0.1) is 0 Å². The molecule has 0 bridgehead atoms. The first-order valence-electron chi connectivity index (χ1n) is 11.6. The van der Waals surface area contributed by atoms with Gasteiger partial charge in [0.2, 0.25) is 5.75 Å². The number of unbranched alkanes of at least 4 members (excludes halogenated alkanes) is 1. The summed E-state index contributed by atoms with van der Waals surface area (Å²) in [5.41, 5.74) is 3.21. The molecule has 32 heavy (non-hydrogen) atoms. The predicted octanol–water partition coefficient (Wildman–Crippen LogP) is 6.67. The molecule has 1 aromatic heterocycles. The van der Waals surface area contributed by atoms with Crippen molar-refractivity contribution in [1.29, 1.82) is 0 Å². The molecule has 2 rings (SSSR count). The molecule has 0 aliphatic heterocycles. The lowest BCUT2D eigenvalue weighted by Gasteiger charge is -2.20. The molecule has 2 aromatic rings. The lowest BCUT2D eigenvalue weighted by molar-refractivity contribution is 0.227. The first-order valence-corrected chi connectivity index (χ1v) is 11.6. The fraction of sp³-hybridized carbons (Fsp3) is 0.519. The van der Waals surface area contributed by atoms with Crippen LogP contribution >= 0.6 is 0 Å². The van der Waals surface area contributed by atoms with Crippen molar-refractivity contribution in [3.8, 4) is 17.2 Å². The van der Waals surface area contributed by atoms with Gasteiger partial charge >= 0.3 is 0 Å². The summed E-state index contributed by atoms with van der Waals surface area (Å²) in [6.07, 6.45) is 8.07. The average molecular weight is 442 g/mol. The molecule has 0 aliphatic carbocycles. The van der Waals surface area contributed by atoms with E-state index in [1.165, 1.54) is 11.1 Å². The van der Waals surface area contributed by atoms with Crippen LogP contribution in [0.2, 0.25) is 0 Å². The van der Waals surface area contributed by atoms with Crippen molar-refractivity contribution in [1.82, 2.24) is 4.57 Å². The fourth-order valence-corrected chi connectivity index (χ4v) is 3.48. The second-order valence-corrected chi connectivity index (χ2v) is 8.70. The summed E-state index contributed by atoms with van der Waals surface area (Å²) in [7, 11) is 1.63. The lowest BCUT2D eigenvalue weighted by atomic mass is 10.1. The van der Waals surface area contributed by atoms with Gasteiger partial charge in [-0.1, -0.05) is 30.6 Å². The highest BCUT2D eigenvalue weighted by atomic mass is 16.5. The summed E-state index contributed by atoms with van der Waals surface area (Å²) >= 11 is 0. The maximum Gasteiger partial charge on any atom is 0.297 e. The van der Waals surface area contributed by atoms with Gasteiger partial charge in [0.25, 0.3) is 5.56 Å². The second-order valence-electron chi connectivity index (χ2n) is 8.70. The SMILES string of the molecule is CCCCn1c(=O)c(OC/C=C(\C)CCC=C(C)C)c(OC(C)C)c2ccc(OC)cc21. The Morgan fingerprint density at radius 2 is 1.88 bits per heavy atom. The van der Waals surface area contributed by atoms with E-state index in [0.29, 0.717) is 24.7 Å². The number of hydrogen-bond donors (Lipinski definition) is 0. The first kappa shape index (κ1) is 25.6. The summed E-state index contributed by atoms with van der Waals surface area (Å²) in [6.45, 7) is 13.3. The molecule has 1 heterocycles. The Morgan fingerprint density at radius 1 is 1.12 bits per heavy atom. The highest BCUT2D eigenvalue weighted by molar-refractivity contribution is 5.89. The highest BCUT2D eigenvalue weighted by Gasteiger charge is 2.21. The van der Waals surface area contributed by atoms with Gasteiger partial charge in [-0.15, -0.1) is 0 Å². The zero-order chi connectivity index (χ0) is 23.7. The molecule has 0 saturated heterocycles. The van der Waals surface area contributed by atoms with Crippen molar-refractivity contribution in [2.45, 2.75) is 79.9 Å². The van der Waals surface area contributed by atoms with Gasteiger partial charge in [0, 0.05) is 18.0 Å². The van der Waals surface area contributed by atoms with Crippen molar-refractivity contribution < 1.29 is 14.2 Å². The van der Waals surface area contributed by atoms with E-state index in [-0.39, 0.29) is 17.4 Å². The third-order valence-electron chi connectivity index (χ3n) is 5.23. The monoisotopic (exact) mass is 441 g/mol.